The van der Waals surface area contributed by atoms with Gasteiger partial charge in [-0.05, 0) is 30.7 Å². The van der Waals surface area contributed by atoms with E-state index in [1.807, 2.05) is 43.0 Å². The van der Waals surface area contributed by atoms with Crippen molar-refractivity contribution in [2.45, 2.75) is 52.9 Å². The molecule has 0 spiro atoms. The van der Waals surface area contributed by atoms with Crippen LogP contribution >= 0.6 is 0 Å². The number of amides is 2. The van der Waals surface area contributed by atoms with E-state index in [2.05, 4.69) is 17.1 Å². The maximum Gasteiger partial charge on any atom is 0.225 e. The van der Waals surface area contributed by atoms with Crippen molar-refractivity contribution < 1.29 is 9.59 Å². The van der Waals surface area contributed by atoms with Gasteiger partial charge in [-0.3, -0.25) is 9.59 Å². The number of unbranched alkanes of at least 4 members (excludes halogenated alkanes) is 3. The molecule has 1 N–H and O–H groups in total. The van der Waals surface area contributed by atoms with Crippen molar-refractivity contribution in [3.8, 4) is 0 Å². The molecule has 2 amide bonds. The Labute approximate surface area is 157 Å². The standard InChI is InChI=1S/C21H33N3O2/c1-4-5-6-7-8-20(25)22-18-9-11-19(12-10-18)23-13-15-24(16-14-23)21(26)17(2)3/h9-12,17H,4-8,13-16H2,1-3H3,(H,22,25). The van der Waals surface area contributed by atoms with Gasteiger partial charge in [0.25, 0.3) is 0 Å². The fourth-order valence-corrected chi connectivity index (χ4v) is 3.24. The molecule has 5 heteroatoms. The number of hydrogen-bond acceptors (Lipinski definition) is 3. The van der Waals surface area contributed by atoms with Crippen LogP contribution in [0.3, 0.4) is 0 Å². The molecule has 0 radical (unpaired) electrons. The van der Waals surface area contributed by atoms with E-state index in [9.17, 15) is 9.59 Å². The number of anilines is 2. The molecular weight excluding hydrogens is 326 g/mol. The SMILES string of the molecule is CCCCCCC(=O)Nc1ccc(N2CCN(C(=O)C(C)C)CC2)cc1. The summed E-state index contributed by atoms with van der Waals surface area (Å²) in [5, 5.41) is 2.97. The minimum atomic E-state index is 0.0615. The van der Waals surface area contributed by atoms with Crippen molar-refractivity contribution in [3.63, 3.8) is 0 Å². The van der Waals surface area contributed by atoms with Gasteiger partial charge in [-0.25, -0.2) is 0 Å². The highest BCUT2D eigenvalue weighted by atomic mass is 16.2. The quantitative estimate of drug-likeness (QED) is 0.716. The van der Waals surface area contributed by atoms with Gasteiger partial charge in [0.2, 0.25) is 11.8 Å². The lowest BCUT2D eigenvalue weighted by molar-refractivity contribution is -0.134. The summed E-state index contributed by atoms with van der Waals surface area (Å²) in [4.78, 5) is 28.3. The van der Waals surface area contributed by atoms with Crippen molar-refractivity contribution >= 4 is 23.2 Å². The van der Waals surface area contributed by atoms with E-state index in [1.54, 1.807) is 0 Å². The third-order valence-electron chi connectivity index (χ3n) is 4.86. The highest BCUT2D eigenvalue weighted by Crippen LogP contribution is 2.20. The topological polar surface area (TPSA) is 52.7 Å². The van der Waals surface area contributed by atoms with Gasteiger partial charge >= 0.3 is 0 Å². The van der Waals surface area contributed by atoms with E-state index in [0.717, 1.165) is 50.4 Å². The van der Waals surface area contributed by atoms with E-state index in [1.165, 1.54) is 12.8 Å². The fourth-order valence-electron chi connectivity index (χ4n) is 3.24. The molecule has 1 fully saturated rings. The van der Waals surface area contributed by atoms with Crippen LogP contribution in [-0.2, 0) is 9.59 Å². The Morgan fingerprint density at radius 3 is 2.23 bits per heavy atom. The van der Waals surface area contributed by atoms with Crippen LogP contribution in [0.2, 0.25) is 0 Å². The second kappa shape index (κ2) is 10.2. The maximum absolute atomic E-state index is 12.1. The number of carbonyl (C=O) groups excluding carboxylic acids is 2. The summed E-state index contributed by atoms with van der Waals surface area (Å²) in [7, 11) is 0. The molecule has 0 saturated carbocycles. The highest BCUT2D eigenvalue weighted by Gasteiger charge is 2.22. The number of carbonyl (C=O) groups is 2. The predicted molar refractivity (Wildman–Crippen MR) is 107 cm³/mol. The van der Waals surface area contributed by atoms with Crippen LogP contribution in [0.25, 0.3) is 0 Å². The van der Waals surface area contributed by atoms with Crippen molar-refractivity contribution in [1.82, 2.24) is 4.90 Å². The molecule has 1 aromatic carbocycles. The first-order chi connectivity index (χ1) is 12.5. The summed E-state index contributed by atoms with van der Waals surface area (Å²) in [5.41, 5.74) is 1.99. The van der Waals surface area contributed by atoms with Gasteiger partial charge in [-0.1, -0.05) is 40.0 Å². The highest BCUT2D eigenvalue weighted by molar-refractivity contribution is 5.90. The average Bonchev–Trinajstić information content (AvgIpc) is 2.65. The molecule has 26 heavy (non-hydrogen) atoms. The zero-order valence-electron chi connectivity index (χ0n) is 16.5. The van der Waals surface area contributed by atoms with Crippen molar-refractivity contribution in [3.05, 3.63) is 24.3 Å². The number of rotatable bonds is 8. The van der Waals surface area contributed by atoms with Crippen LogP contribution in [0.5, 0.6) is 0 Å². The Balaban J connectivity index is 1.79. The first-order valence-corrected chi connectivity index (χ1v) is 9.95. The fraction of sp³-hybridized carbons (Fsp3) is 0.619. The average molecular weight is 360 g/mol. The molecule has 0 bridgehead atoms. The van der Waals surface area contributed by atoms with E-state index in [4.69, 9.17) is 0 Å². The third-order valence-corrected chi connectivity index (χ3v) is 4.86. The van der Waals surface area contributed by atoms with Gasteiger partial charge in [0, 0.05) is 49.9 Å². The van der Waals surface area contributed by atoms with E-state index in [-0.39, 0.29) is 17.7 Å². The normalized spacial score (nSPS) is 14.6. The molecule has 1 saturated heterocycles. The molecule has 5 nitrogen and oxygen atoms in total. The lowest BCUT2D eigenvalue weighted by Gasteiger charge is -2.37. The number of nitrogens with zero attached hydrogens (tertiary/aromatic N) is 2. The van der Waals surface area contributed by atoms with E-state index in [0.29, 0.717) is 6.42 Å². The largest absolute Gasteiger partial charge is 0.368 e. The predicted octanol–water partition coefficient (Wildman–Crippen LogP) is 3.90. The summed E-state index contributed by atoms with van der Waals surface area (Å²) in [6, 6.07) is 8.02. The number of piperazine rings is 1. The molecule has 0 atom stereocenters. The first kappa shape index (κ1) is 20.3. The van der Waals surface area contributed by atoms with Crippen LogP contribution < -0.4 is 10.2 Å². The second-order valence-corrected chi connectivity index (χ2v) is 7.37. The lowest BCUT2D eigenvalue weighted by atomic mass is 10.1. The number of nitrogens with one attached hydrogen (secondary N) is 1. The van der Waals surface area contributed by atoms with E-state index < -0.39 is 0 Å². The van der Waals surface area contributed by atoms with Gasteiger partial charge in [-0.2, -0.15) is 0 Å². The zero-order chi connectivity index (χ0) is 18.9. The Bertz CT molecular complexity index is 575. The number of benzene rings is 1. The molecular formula is C21H33N3O2. The maximum atomic E-state index is 12.1. The molecule has 1 aliphatic rings. The van der Waals surface area contributed by atoms with Gasteiger partial charge in [0.05, 0.1) is 0 Å². The smallest absolute Gasteiger partial charge is 0.225 e. The van der Waals surface area contributed by atoms with Gasteiger partial charge in [0.15, 0.2) is 0 Å². The number of hydrogen-bond donors (Lipinski definition) is 1. The van der Waals surface area contributed by atoms with Crippen molar-refractivity contribution in [2.75, 3.05) is 36.4 Å². The molecule has 2 rings (SSSR count). The Morgan fingerprint density at radius 2 is 1.65 bits per heavy atom. The molecule has 144 valence electrons. The summed E-state index contributed by atoms with van der Waals surface area (Å²) in [6.07, 6.45) is 5.04. The third kappa shape index (κ3) is 6.04. The molecule has 0 unspecified atom stereocenters. The van der Waals surface area contributed by atoms with Crippen LogP contribution in [-0.4, -0.2) is 42.9 Å². The Hall–Kier alpha value is -2.04. The van der Waals surface area contributed by atoms with Crippen LogP contribution in [0.4, 0.5) is 11.4 Å². The van der Waals surface area contributed by atoms with Crippen LogP contribution in [0.1, 0.15) is 52.9 Å². The Kier molecular flexibility index (Phi) is 7.95. The van der Waals surface area contributed by atoms with Gasteiger partial charge in [-0.15, -0.1) is 0 Å². The Morgan fingerprint density at radius 1 is 1.00 bits per heavy atom. The summed E-state index contributed by atoms with van der Waals surface area (Å²) in [5.74, 6) is 0.391. The molecule has 1 aliphatic heterocycles. The minimum absolute atomic E-state index is 0.0615. The van der Waals surface area contributed by atoms with Gasteiger partial charge in [0.1, 0.15) is 0 Å². The van der Waals surface area contributed by atoms with Crippen LogP contribution in [0, 0.1) is 5.92 Å². The molecule has 1 heterocycles. The van der Waals surface area contributed by atoms with Gasteiger partial charge < -0.3 is 15.1 Å². The summed E-state index contributed by atoms with van der Waals surface area (Å²) < 4.78 is 0. The molecule has 0 aromatic heterocycles. The summed E-state index contributed by atoms with van der Waals surface area (Å²) >= 11 is 0. The molecule has 1 aromatic rings. The van der Waals surface area contributed by atoms with E-state index >= 15 is 0 Å². The zero-order valence-corrected chi connectivity index (χ0v) is 16.5. The minimum Gasteiger partial charge on any atom is -0.368 e. The monoisotopic (exact) mass is 359 g/mol. The van der Waals surface area contributed by atoms with Crippen molar-refractivity contribution in [1.29, 1.82) is 0 Å². The first-order valence-electron chi connectivity index (χ1n) is 9.95. The van der Waals surface area contributed by atoms with Crippen molar-refractivity contribution in [2.24, 2.45) is 5.92 Å². The second-order valence-electron chi connectivity index (χ2n) is 7.37. The van der Waals surface area contributed by atoms with Crippen LogP contribution in [0.15, 0.2) is 24.3 Å². The molecule has 0 aliphatic carbocycles. The summed E-state index contributed by atoms with van der Waals surface area (Å²) in [6.45, 7) is 9.31. The lowest BCUT2D eigenvalue weighted by Crippen LogP contribution is -2.49.